The molecule has 1 unspecified atom stereocenters. The van der Waals surface area contributed by atoms with Crippen molar-refractivity contribution in [2.24, 2.45) is 5.92 Å². The zero-order valence-electron chi connectivity index (χ0n) is 14.0. The van der Waals surface area contributed by atoms with Crippen molar-refractivity contribution in [3.05, 3.63) is 26.0 Å². The fraction of sp³-hybridized carbons (Fsp3) is 0.800. The van der Waals surface area contributed by atoms with Gasteiger partial charge in [-0.15, -0.1) is 0 Å². The first-order chi connectivity index (χ1) is 9.81. The maximum Gasteiger partial charge on any atom is -0.0316 e. The van der Waals surface area contributed by atoms with Crippen LogP contribution in [0.3, 0.4) is 0 Å². The Kier molecular flexibility index (Phi) is 16.6. The van der Waals surface area contributed by atoms with Crippen molar-refractivity contribution in [2.45, 2.75) is 96.8 Å². The van der Waals surface area contributed by atoms with Crippen LogP contribution in [0.2, 0.25) is 0 Å². The third-order valence-electron chi connectivity index (χ3n) is 4.18. The summed E-state index contributed by atoms with van der Waals surface area (Å²) in [6, 6.07) is 0. The first kappa shape index (κ1) is 19.7. The molecule has 0 nitrogen and oxygen atoms in total. The summed E-state index contributed by atoms with van der Waals surface area (Å²) in [6.45, 7) is 10.0. The van der Waals surface area contributed by atoms with Crippen LogP contribution in [0.5, 0.6) is 0 Å². The van der Waals surface area contributed by atoms with E-state index in [1.807, 2.05) is 6.08 Å². The van der Waals surface area contributed by atoms with Crippen LogP contribution in [-0.4, -0.2) is 0 Å². The largest absolute Gasteiger partial charge is 0.0885 e. The van der Waals surface area contributed by atoms with E-state index in [1.165, 1.54) is 83.5 Å². The van der Waals surface area contributed by atoms with Crippen molar-refractivity contribution < 1.29 is 0 Å². The molecule has 0 aliphatic carbocycles. The van der Waals surface area contributed by atoms with Gasteiger partial charge in [0.15, 0.2) is 0 Å². The number of allylic oxidation sites excluding steroid dienone is 2. The Morgan fingerprint density at radius 1 is 0.750 bits per heavy atom. The molecule has 0 heteroatoms. The molecule has 0 aromatic carbocycles. The van der Waals surface area contributed by atoms with Crippen molar-refractivity contribution in [1.82, 2.24) is 0 Å². The maximum absolute atomic E-state index is 3.89. The molecule has 0 rings (SSSR count). The normalized spacial score (nSPS) is 13.2. The SMILES string of the molecule is [CH2]C=CCCCCCCC(C)CCCCCCCC[CH2]. The van der Waals surface area contributed by atoms with Gasteiger partial charge in [0.1, 0.15) is 0 Å². The second kappa shape index (κ2) is 16.8. The van der Waals surface area contributed by atoms with Gasteiger partial charge >= 0.3 is 0 Å². The fourth-order valence-corrected chi connectivity index (χ4v) is 2.75. The Morgan fingerprint density at radius 3 is 1.80 bits per heavy atom. The van der Waals surface area contributed by atoms with E-state index in [9.17, 15) is 0 Å². The number of rotatable bonds is 15. The van der Waals surface area contributed by atoms with E-state index in [2.05, 4.69) is 26.8 Å². The summed E-state index contributed by atoms with van der Waals surface area (Å²) >= 11 is 0. The van der Waals surface area contributed by atoms with Crippen molar-refractivity contribution in [3.63, 3.8) is 0 Å². The zero-order valence-corrected chi connectivity index (χ0v) is 14.0. The van der Waals surface area contributed by atoms with Crippen LogP contribution in [-0.2, 0) is 0 Å². The van der Waals surface area contributed by atoms with Gasteiger partial charge in [0, 0.05) is 0 Å². The van der Waals surface area contributed by atoms with Crippen LogP contribution in [0.1, 0.15) is 96.8 Å². The smallest absolute Gasteiger partial charge is 0.0316 e. The number of hydrogen-bond acceptors (Lipinski definition) is 0. The highest BCUT2D eigenvalue weighted by Gasteiger charge is 2.01. The first-order valence-electron chi connectivity index (χ1n) is 9.04. The Morgan fingerprint density at radius 2 is 1.25 bits per heavy atom. The highest BCUT2D eigenvalue weighted by atomic mass is 14.1. The molecular weight excluding hydrogens is 240 g/mol. The van der Waals surface area contributed by atoms with Gasteiger partial charge in [-0.1, -0.05) is 103 Å². The third kappa shape index (κ3) is 15.8. The lowest BCUT2D eigenvalue weighted by Gasteiger charge is -2.10. The van der Waals surface area contributed by atoms with Crippen molar-refractivity contribution in [2.75, 3.05) is 0 Å². The monoisotopic (exact) mass is 278 g/mol. The lowest BCUT2D eigenvalue weighted by atomic mass is 9.96. The Hall–Kier alpha value is -0.260. The van der Waals surface area contributed by atoms with E-state index in [4.69, 9.17) is 0 Å². The Labute approximate surface area is 129 Å². The Balaban J connectivity index is 3.14. The molecule has 0 amide bonds. The fourth-order valence-electron chi connectivity index (χ4n) is 2.75. The summed E-state index contributed by atoms with van der Waals surface area (Å²) in [4.78, 5) is 0. The summed E-state index contributed by atoms with van der Waals surface area (Å²) in [5.74, 6) is 0.939. The summed E-state index contributed by atoms with van der Waals surface area (Å²) in [5, 5.41) is 0. The minimum Gasteiger partial charge on any atom is -0.0885 e. The second-order valence-corrected chi connectivity index (χ2v) is 6.33. The second-order valence-electron chi connectivity index (χ2n) is 6.33. The number of unbranched alkanes of at least 4 members (excludes halogenated alkanes) is 10. The van der Waals surface area contributed by atoms with Crippen molar-refractivity contribution in [1.29, 1.82) is 0 Å². The van der Waals surface area contributed by atoms with Crippen molar-refractivity contribution in [3.8, 4) is 0 Å². The van der Waals surface area contributed by atoms with Gasteiger partial charge in [0.2, 0.25) is 0 Å². The zero-order chi connectivity index (χ0) is 14.9. The highest BCUT2D eigenvalue weighted by molar-refractivity contribution is 4.83. The van der Waals surface area contributed by atoms with E-state index in [0.29, 0.717) is 0 Å². The quantitative estimate of drug-likeness (QED) is 0.275. The molecule has 0 saturated heterocycles. The minimum absolute atomic E-state index is 0.939. The van der Waals surface area contributed by atoms with Gasteiger partial charge in [-0.25, -0.2) is 0 Å². The van der Waals surface area contributed by atoms with E-state index in [0.717, 1.165) is 12.3 Å². The molecule has 0 spiro atoms. The minimum atomic E-state index is 0.939. The van der Waals surface area contributed by atoms with E-state index < -0.39 is 0 Å². The van der Waals surface area contributed by atoms with E-state index in [1.54, 1.807) is 0 Å². The van der Waals surface area contributed by atoms with Crippen LogP contribution in [0.15, 0.2) is 12.2 Å². The van der Waals surface area contributed by atoms with Crippen LogP contribution in [0.25, 0.3) is 0 Å². The summed E-state index contributed by atoms with van der Waals surface area (Å²) in [7, 11) is 0. The average molecular weight is 279 g/mol. The molecule has 0 aromatic heterocycles. The van der Waals surface area contributed by atoms with Gasteiger partial charge in [-0.2, -0.15) is 0 Å². The van der Waals surface area contributed by atoms with Crippen molar-refractivity contribution >= 4 is 0 Å². The molecule has 0 bridgehead atoms. The molecule has 2 radical (unpaired) electrons. The first-order valence-corrected chi connectivity index (χ1v) is 9.04. The third-order valence-corrected chi connectivity index (χ3v) is 4.18. The van der Waals surface area contributed by atoms with Gasteiger partial charge in [-0.3, -0.25) is 0 Å². The van der Waals surface area contributed by atoms with Gasteiger partial charge in [0.05, 0.1) is 0 Å². The predicted molar refractivity (Wildman–Crippen MR) is 93.7 cm³/mol. The van der Waals surface area contributed by atoms with Gasteiger partial charge in [0.25, 0.3) is 0 Å². The average Bonchev–Trinajstić information content (AvgIpc) is 2.45. The lowest BCUT2D eigenvalue weighted by molar-refractivity contribution is 0.433. The van der Waals surface area contributed by atoms with E-state index in [-0.39, 0.29) is 0 Å². The topological polar surface area (TPSA) is 0 Å². The summed E-state index contributed by atoms with van der Waals surface area (Å²) in [5.41, 5.74) is 0. The molecule has 118 valence electrons. The molecule has 20 heavy (non-hydrogen) atoms. The highest BCUT2D eigenvalue weighted by Crippen LogP contribution is 2.18. The van der Waals surface area contributed by atoms with Crippen LogP contribution in [0, 0.1) is 19.8 Å². The molecule has 0 fully saturated rings. The molecule has 1 atom stereocenters. The number of hydrogen-bond donors (Lipinski definition) is 0. The van der Waals surface area contributed by atoms with E-state index >= 15 is 0 Å². The molecule has 0 N–H and O–H groups in total. The molecular formula is C20H38. The lowest BCUT2D eigenvalue weighted by Crippen LogP contribution is -1.95. The van der Waals surface area contributed by atoms with Crippen LogP contribution >= 0.6 is 0 Å². The van der Waals surface area contributed by atoms with Gasteiger partial charge < -0.3 is 0 Å². The summed E-state index contributed by atoms with van der Waals surface area (Å²) < 4.78 is 0. The van der Waals surface area contributed by atoms with Crippen LogP contribution < -0.4 is 0 Å². The molecule has 0 heterocycles. The van der Waals surface area contributed by atoms with Crippen LogP contribution in [0.4, 0.5) is 0 Å². The molecule has 0 aliphatic rings. The standard InChI is InChI=1S/C20H38/c1-4-6-8-10-12-14-16-18-20(3)19-17-15-13-11-9-7-5-2/h4,6,20H,1-2,5,7-19H2,3H3. The Bertz CT molecular complexity index is 192. The maximum atomic E-state index is 3.89. The molecule has 0 saturated carbocycles. The predicted octanol–water partition coefficient (Wildman–Crippen LogP) is 7.31. The summed E-state index contributed by atoms with van der Waals surface area (Å²) in [6.07, 6.45) is 23.3. The molecule has 0 aliphatic heterocycles. The van der Waals surface area contributed by atoms with Gasteiger partial charge in [-0.05, 0) is 25.7 Å². The molecule has 0 aromatic rings.